The monoisotopic (exact) mass is 225 g/mol. The van der Waals surface area contributed by atoms with Gasteiger partial charge in [0.2, 0.25) is 0 Å². The molecule has 2 aromatic rings. The van der Waals surface area contributed by atoms with Crippen LogP contribution in [0.2, 0.25) is 0 Å². The van der Waals surface area contributed by atoms with E-state index >= 15 is 0 Å². The van der Waals surface area contributed by atoms with E-state index in [1.807, 2.05) is 12.3 Å². The molecule has 0 saturated heterocycles. The third kappa shape index (κ3) is 1.03. The van der Waals surface area contributed by atoms with Gasteiger partial charge >= 0.3 is 0 Å². The summed E-state index contributed by atoms with van der Waals surface area (Å²) in [5, 5.41) is 0. The smallest absolute Gasteiger partial charge is 0.178 e. The molecule has 2 aromatic heterocycles. The van der Waals surface area contributed by atoms with Crippen LogP contribution >= 0.6 is 15.9 Å². The van der Waals surface area contributed by atoms with Gasteiger partial charge in [0.15, 0.2) is 4.73 Å². The minimum absolute atomic E-state index is 0.869. The number of imidazole rings is 1. The molecule has 0 aliphatic rings. The van der Waals surface area contributed by atoms with Crippen molar-refractivity contribution < 1.29 is 0 Å². The second-order valence-corrected chi connectivity index (χ2v) is 3.20. The highest BCUT2D eigenvalue weighted by Crippen LogP contribution is 2.18. The van der Waals surface area contributed by atoms with Crippen molar-refractivity contribution in [1.82, 2.24) is 14.5 Å². The summed E-state index contributed by atoms with van der Waals surface area (Å²) in [4.78, 5) is 8.38. The van der Waals surface area contributed by atoms with Crippen LogP contribution in [0.5, 0.6) is 0 Å². The van der Waals surface area contributed by atoms with Gasteiger partial charge < -0.3 is 4.57 Å². The molecule has 4 heteroatoms. The van der Waals surface area contributed by atoms with Gasteiger partial charge in [0.05, 0.1) is 17.2 Å². The van der Waals surface area contributed by atoms with E-state index in [0.29, 0.717) is 0 Å². The minimum atomic E-state index is 0.869. The van der Waals surface area contributed by atoms with E-state index in [2.05, 4.69) is 37.4 Å². The highest BCUT2D eigenvalue weighted by Gasteiger charge is 2.04. The van der Waals surface area contributed by atoms with Crippen molar-refractivity contribution in [2.24, 2.45) is 0 Å². The molecule has 0 bridgehead atoms. The molecule has 0 amide bonds. The average molecular weight is 226 g/mol. The van der Waals surface area contributed by atoms with Crippen LogP contribution in [0.3, 0.4) is 0 Å². The van der Waals surface area contributed by atoms with Gasteiger partial charge in [0.25, 0.3) is 0 Å². The Kier molecular flexibility index (Phi) is 1.84. The predicted octanol–water partition coefficient (Wildman–Crippen LogP) is 2.21. The van der Waals surface area contributed by atoms with E-state index < -0.39 is 0 Å². The minimum Gasteiger partial charge on any atom is -0.318 e. The zero-order valence-electron chi connectivity index (χ0n) is 6.66. The Labute approximate surface area is 78.6 Å². The fourth-order valence-electron chi connectivity index (χ4n) is 1.24. The lowest BCUT2D eigenvalue weighted by Crippen LogP contribution is -1.93. The molecule has 0 fully saturated rings. The maximum absolute atomic E-state index is 4.32. The maximum Gasteiger partial charge on any atom is 0.178 e. The van der Waals surface area contributed by atoms with E-state index in [0.717, 1.165) is 22.3 Å². The summed E-state index contributed by atoms with van der Waals surface area (Å²) in [6.45, 7) is 2.99. The summed E-state index contributed by atoms with van der Waals surface area (Å²) in [6.07, 6.45) is 3.58. The summed E-state index contributed by atoms with van der Waals surface area (Å²) >= 11 is 3.39. The van der Waals surface area contributed by atoms with E-state index in [1.54, 1.807) is 6.20 Å². The molecule has 0 aromatic carbocycles. The molecule has 0 spiro atoms. The molecular weight excluding hydrogens is 218 g/mol. The Hall–Kier alpha value is -0.900. The summed E-state index contributed by atoms with van der Waals surface area (Å²) < 4.78 is 2.94. The van der Waals surface area contributed by atoms with Crippen LogP contribution in [-0.4, -0.2) is 14.5 Å². The second kappa shape index (κ2) is 2.86. The molecule has 0 saturated carbocycles. The van der Waals surface area contributed by atoms with Crippen molar-refractivity contribution in [3.63, 3.8) is 0 Å². The molecule has 0 atom stereocenters. The number of hydrogen-bond acceptors (Lipinski definition) is 2. The van der Waals surface area contributed by atoms with E-state index in [4.69, 9.17) is 0 Å². The van der Waals surface area contributed by atoms with Crippen molar-refractivity contribution >= 4 is 27.0 Å². The van der Waals surface area contributed by atoms with Crippen LogP contribution in [0, 0.1) is 0 Å². The molecular formula is C8H8BrN3. The summed E-state index contributed by atoms with van der Waals surface area (Å²) in [6, 6.07) is 1.91. The lowest BCUT2D eigenvalue weighted by molar-refractivity contribution is 0.764. The first-order valence-corrected chi connectivity index (χ1v) is 4.58. The molecule has 2 heterocycles. The largest absolute Gasteiger partial charge is 0.318 e. The van der Waals surface area contributed by atoms with Gasteiger partial charge in [0, 0.05) is 12.7 Å². The van der Waals surface area contributed by atoms with Gasteiger partial charge in [-0.2, -0.15) is 0 Å². The topological polar surface area (TPSA) is 30.7 Å². The summed E-state index contributed by atoms with van der Waals surface area (Å²) in [5.74, 6) is 0. The first-order valence-electron chi connectivity index (χ1n) is 3.78. The average Bonchev–Trinajstić information content (AvgIpc) is 2.40. The lowest BCUT2D eigenvalue weighted by atomic mass is 10.4. The zero-order chi connectivity index (χ0) is 8.55. The Bertz CT molecular complexity index is 408. The Morgan fingerprint density at radius 2 is 2.42 bits per heavy atom. The van der Waals surface area contributed by atoms with Crippen LogP contribution < -0.4 is 0 Å². The van der Waals surface area contributed by atoms with Crippen LogP contribution in [0.4, 0.5) is 0 Å². The molecule has 0 N–H and O–H groups in total. The molecule has 0 unspecified atom stereocenters. The van der Waals surface area contributed by atoms with Crippen molar-refractivity contribution in [3.8, 4) is 0 Å². The fourth-order valence-corrected chi connectivity index (χ4v) is 1.87. The first kappa shape index (κ1) is 7.73. The number of aryl methyl sites for hydroxylation is 1. The number of aromatic nitrogens is 3. The van der Waals surface area contributed by atoms with Gasteiger partial charge in [-0.25, -0.2) is 4.98 Å². The van der Waals surface area contributed by atoms with Crippen molar-refractivity contribution in [1.29, 1.82) is 0 Å². The second-order valence-electron chi connectivity index (χ2n) is 2.49. The third-order valence-corrected chi connectivity index (χ3v) is 2.43. The highest BCUT2D eigenvalue weighted by atomic mass is 79.9. The Morgan fingerprint density at radius 3 is 3.17 bits per heavy atom. The number of fused-ring (bicyclic) bond motifs is 1. The van der Waals surface area contributed by atoms with Crippen molar-refractivity contribution in [2.75, 3.05) is 0 Å². The number of rotatable bonds is 1. The quantitative estimate of drug-likeness (QED) is 0.746. The number of hydrogen-bond donors (Lipinski definition) is 0. The van der Waals surface area contributed by atoms with Gasteiger partial charge in [-0.1, -0.05) is 0 Å². The molecule has 3 nitrogen and oxygen atoms in total. The molecule has 0 aliphatic heterocycles. The highest BCUT2D eigenvalue weighted by molar-refractivity contribution is 9.10. The molecule has 0 aliphatic carbocycles. The van der Waals surface area contributed by atoms with Gasteiger partial charge in [-0.05, 0) is 28.9 Å². The Morgan fingerprint density at radius 1 is 1.58 bits per heavy atom. The molecule has 2 rings (SSSR count). The zero-order valence-corrected chi connectivity index (χ0v) is 8.24. The molecule has 0 radical (unpaired) electrons. The van der Waals surface area contributed by atoms with Gasteiger partial charge in [-0.3, -0.25) is 4.98 Å². The molecule has 12 heavy (non-hydrogen) atoms. The maximum atomic E-state index is 4.32. The normalized spacial score (nSPS) is 10.8. The van der Waals surface area contributed by atoms with E-state index in [1.165, 1.54) is 0 Å². The fraction of sp³-hybridized carbons (Fsp3) is 0.250. The lowest BCUT2D eigenvalue weighted by Gasteiger charge is -1.98. The first-order chi connectivity index (χ1) is 5.83. The van der Waals surface area contributed by atoms with Crippen LogP contribution in [-0.2, 0) is 6.54 Å². The van der Waals surface area contributed by atoms with Crippen LogP contribution in [0.15, 0.2) is 23.2 Å². The van der Waals surface area contributed by atoms with Crippen LogP contribution in [0.25, 0.3) is 11.0 Å². The van der Waals surface area contributed by atoms with Crippen LogP contribution in [0.1, 0.15) is 6.92 Å². The number of halogens is 1. The predicted molar refractivity (Wildman–Crippen MR) is 50.9 cm³/mol. The third-order valence-electron chi connectivity index (χ3n) is 1.82. The SMILES string of the molecule is CCn1c(Br)nc2ccncc21. The summed E-state index contributed by atoms with van der Waals surface area (Å²) in [7, 11) is 0. The van der Waals surface area contributed by atoms with E-state index in [-0.39, 0.29) is 0 Å². The number of nitrogens with zero attached hydrogens (tertiary/aromatic N) is 3. The van der Waals surface area contributed by atoms with Crippen molar-refractivity contribution in [3.05, 3.63) is 23.2 Å². The molecule has 62 valence electrons. The standard InChI is InChI=1S/C8H8BrN3/c1-2-12-7-5-10-4-3-6(7)11-8(12)9/h3-5H,2H2,1H3. The van der Waals surface area contributed by atoms with Crippen molar-refractivity contribution in [2.45, 2.75) is 13.5 Å². The van der Waals surface area contributed by atoms with Gasteiger partial charge in [0.1, 0.15) is 0 Å². The number of pyridine rings is 1. The Balaban J connectivity index is 2.81. The van der Waals surface area contributed by atoms with Gasteiger partial charge in [-0.15, -0.1) is 0 Å². The van der Waals surface area contributed by atoms with E-state index in [9.17, 15) is 0 Å². The summed E-state index contributed by atoms with van der Waals surface area (Å²) in [5.41, 5.74) is 2.06.